The Labute approximate surface area is 120 Å². The third kappa shape index (κ3) is 3.25. The second-order valence-electron chi connectivity index (χ2n) is 4.90. The zero-order valence-electron chi connectivity index (χ0n) is 11.4. The van der Waals surface area contributed by atoms with Crippen LogP contribution in [-0.2, 0) is 11.2 Å². The van der Waals surface area contributed by atoms with Crippen LogP contribution in [0, 0.1) is 10.1 Å². The fourth-order valence-electron chi connectivity index (χ4n) is 2.33. The molecule has 1 amide bonds. The second kappa shape index (κ2) is 5.74. The van der Waals surface area contributed by atoms with Crippen molar-refractivity contribution in [3.05, 3.63) is 51.1 Å². The molecule has 21 heavy (non-hydrogen) atoms. The fraction of sp³-hybridized carbons (Fsp3) is 0.286. The summed E-state index contributed by atoms with van der Waals surface area (Å²) in [6, 6.07) is 4.26. The first-order chi connectivity index (χ1) is 9.88. The Morgan fingerprint density at radius 1 is 1.52 bits per heavy atom. The standard InChI is InChI=1S/C14H14N2O5/c1-9(6-13(17)18)8-15-5-4-10-2-3-11(16(20)21)7-12(10)14(15)19/h2-3,6-7H,4-5,8H2,1H3,(H,17,18). The van der Waals surface area contributed by atoms with E-state index in [-0.39, 0.29) is 18.1 Å². The minimum absolute atomic E-state index is 0.123. The minimum Gasteiger partial charge on any atom is -0.478 e. The topological polar surface area (TPSA) is 101 Å². The number of hydrogen-bond donors (Lipinski definition) is 1. The maximum absolute atomic E-state index is 12.3. The molecule has 0 aromatic heterocycles. The van der Waals surface area contributed by atoms with E-state index in [4.69, 9.17) is 5.11 Å². The number of aliphatic carboxylic acids is 1. The van der Waals surface area contributed by atoms with Gasteiger partial charge in [-0.05, 0) is 24.5 Å². The van der Waals surface area contributed by atoms with Gasteiger partial charge in [0, 0.05) is 36.9 Å². The molecular weight excluding hydrogens is 276 g/mol. The van der Waals surface area contributed by atoms with Crippen molar-refractivity contribution >= 4 is 17.6 Å². The van der Waals surface area contributed by atoms with Gasteiger partial charge in [0.1, 0.15) is 0 Å². The number of nitro groups is 1. The maximum Gasteiger partial charge on any atom is 0.328 e. The highest BCUT2D eigenvalue weighted by Crippen LogP contribution is 2.24. The summed E-state index contributed by atoms with van der Waals surface area (Å²) in [7, 11) is 0. The van der Waals surface area contributed by atoms with Crippen LogP contribution in [0.25, 0.3) is 0 Å². The van der Waals surface area contributed by atoms with Crippen LogP contribution in [0.2, 0.25) is 0 Å². The van der Waals surface area contributed by atoms with Crippen molar-refractivity contribution in [3.8, 4) is 0 Å². The van der Waals surface area contributed by atoms with Crippen LogP contribution in [-0.4, -0.2) is 39.9 Å². The molecule has 1 aromatic carbocycles. The molecule has 0 saturated carbocycles. The summed E-state index contributed by atoms with van der Waals surface area (Å²) < 4.78 is 0. The molecule has 0 aliphatic carbocycles. The van der Waals surface area contributed by atoms with Gasteiger partial charge in [0.15, 0.2) is 0 Å². The first-order valence-corrected chi connectivity index (χ1v) is 6.35. The third-order valence-corrected chi connectivity index (χ3v) is 3.28. The summed E-state index contributed by atoms with van der Waals surface area (Å²) in [4.78, 5) is 34.7. The van der Waals surface area contributed by atoms with Crippen molar-refractivity contribution in [2.24, 2.45) is 0 Å². The van der Waals surface area contributed by atoms with Gasteiger partial charge >= 0.3 is 5.97 Å². The molecule has 1 heterocycles. The smallest absolute Gasteiger partial charge is 0.328 e. The normalized spacial score (nSPS) is 14.8. The number of carboxylic acids is 1. The number of carbonyl (C=O) groups excluding carboxylic acids is 1. The lowest BCUT2D eigenvalue weighted by molar-refractivity contribution is -0.384. The van der Waals surface area contributed by atoms with E-state index >= 15 is 0 Å². The lowest BCUT2D eigenvalue weighted by Gasteiger charge is -2.28. The van der Waals surface area contributed by atoms with Gasteiger partial charge in [-0.2, -0.15) is 0 Å². The predicted molar refractivity (Wildman–Crippen MR) is 74.1 cm³/mol. The Bertz CT molecular complexity index is 651. The summed E-state index contributed by atoms with van der Waals surface area (Å²) in [5.74, 6) is -1.37. The number of rotatable bonds is 4. The molecule has 0 saturated heterocycles. The van der Waals surface area contributed by atoms with Crippen LogP contribution in [0.5, 0.6) is 0 Å². The molecule has 0 bridgehead atoms. The number of nitro benzene ring substituents is 1. The van der Waals surface area contributed by atoms with Crippen molar-refractivity contribution in [1.82, 2.24) is 4.90 Å². The summed E-state index contributed by atoms with van der Waals surface area (Å²) in [6.45, 7) is 2.30. The van der Waals surface area contributed by atoms with E-state index in [9.17, 15) is 19.7 Å². The molecule has 1 aromatic rings. The highest BCUT2D eigenvalue weighted by atomic mass is 16.6. The molecule has 1 aliphatic heterocycles. The van der Waals surface area contributed by atoms with E-state index in [1.807, 2.05) is 0 Å². The number of carbonyl (C=O) groups is 2. The Morgan fingerprint density at radius 2 is 2.24 bits per heavy atom. The van der Waals surface area contributed by atoms with Gasteiger partial charge < -0.3 is 10.0 Å². The highest BCUT2D eigenvalue weighted by molar-refractivity contribution is 5.97. The molecule has 0 radical (unpaired) electrons. The Hall–Kier alpha value is -2.70. The van der Waals surface area contributed by atoms with Gasteiger partial charge in [-0.3, -0.25) is 14.9 Å². The molecule has 2 rings (SSSR count). The first-order valence-electron chi connectivity index (χ1n) is 6.35. The van der Waals surface area contributed by atoms with E-state index in [0.29, 0.717) is 24.1 Å². The summed E-state index contributed by atoms with van der Waals surface area (Å²) in [5.41, 5.74) is 1.52. The quantitative estimate of drug-likeness (QED) is 0.516. The van der Waals surface area contributed by atoms with Crippen LogP contribution < -0.4 is 0 Å². The van der Waals surface area contributed by atoms with Gasteiger partial charge in [0.25, 0.3) is 11.6 Å². The number of fused-ring (bicyclic) bond motifs is 1. The van der Waals surface area contributed by atoms with E-state index < -0.39 is 10.9 Å². The largest absolute Gasteiger partial charge is 0.478 e. The van der Waals surface area contributed by atoms with E-state index in [0.717, 1.165) is 11.6 Å². The number of benzene rings is 1. The Kier molecular flexibility index (Phi) is 4.02. The SMILES string of the molecule is CC(=CC(=O)O)CN1CCc2ccc([N+](=O)[O-])cc2C1=O. The average molecular weight is 290 g/mol. The zero-order valence-corrected chi connectivity index (χ0v) is 11.4. The van der Waals surface area contributed by atoms with Crippen molar-refractivity contribution in [2.45, 2.75) is 13.3 Å². The molecule has 1 aliphatic rings. The molecular formula is C14H14N2O5. The number of carboxylic acid groups (broad SMARTS) is 1. The van der Waals surface area contributed by atoms with Crippen LogP contribution in [0.1, 0.15) is 22.8 Å². The number of hydrogen-bond acceptors (Lipinski definition) is 4. The van der Waals surface area contributed by atoms with Crippen molar-refractivity contribution in [2.75, 3.05) is 13.1 Å². The van der Waals surface area contributed by atoms with Gasteiger partial charge in [-0.15, -0.1) is 0 Å². The molecule has 7 nitrogen and oxygen atoms in total. The Morgan fingerprint density at radius 3 is 2.86 bits per heavy atom. The maximum atomic E-state index is 12.3. The van der Waals surface area contributed by atoms with Gasteiger partial charge in [0.2, 0.25) is 0 Å². The molecule has 0 spiro atoms. The lowest BCUT2D eigenvalue weighted by atomic mass is 9.98. The highest BCUT2D eigenvalue weighted by Gasteiger charge is 2.26. The summed E-state index contributed by atoms with van der Waals surface area (Å²) >= 11 is 0. The summed E-state index contributed by atoms with van der Waals surface area (Å²) in [6.07, 6.45) is 1.65. The summed E-state index contributed by atoms with van der Waals surface area (Å²) in [5, 5.41) is 19.5. The van der Waals surface area contributed by atoms with E-state index in [1.165, 1.54) is 17.0 Å². The fourth-order valence-corrected chi connectivity index (χ4v) is 2.33. The van der Waals surface area contributed by atoms with Crippen molar-refractivity contribution in [1.29, 1.82) is 0 Å². The van der Waals surface area contributed by atoms with Crippen molar-refractivity contribution < 1.29 is 19.6 Å². The van der Waals surface area contributed by atoms with Gasteiger partial charge in [0.05, 0.1) is 4.92 Å². The molecule has 0 atom stereocenters. The zero-order chi connectivity index (χ0) is 15.6. The van der Waals surface area contributed by atoms with Crippen molar-refractivity contribution in [3.63, 3.8) is 0 Å². The first kappa shape index (κ1) is 14.7. The van der Waals surface area contributed by atoms with Gasteiger partial charge in [-0.25, -0.2) is 4.79 Å². The predicted octanol–water partition coefficient (Wildman–Crippen LogP) is 1.62. The molecule has 0 unspecified atom stereocenters. The van der Waals surface area contributed by atoms with Gasteiger partial charge in [-0.1, -0.05) is 6.07 Å². The second-order valence-corrected chi connectivity index (χ2v) is 4.90. The molecule has 0 fully saturated rings. The lowest BCUT2D eigenvalue weighted by Crippen LogP contribution is -2.38. The Balaban J connectivity index is 2.25. The van der Waals surface area contributed by atoms with Crippen LogP contribution >= 0.6 is 0 Å². The molecule has 1 N–H and O–H groups in total. The monoisotopic (exact) mass is 290 g/mol. The van der Waals surface area contributed by atoms with E-state index in [1.54, 1.807) is 13.0 Å². The molecule has 7 heteroatoms. The number of non-ortho nitro benzene ring substituents is 1. The van der Waals surface area contributed by atoms with Crippen LogP contribution in [0.3, 0.4) is 0 Å². The number of nitrogens with zero attached hydrogens (tertiary/aromatic N) is 2. The van der Waals surface area contributed by atoms with Crippen LogP contribution in [0.15, 0.2) is 29.8 Å². The van der Waals surface area contributed by atoms with E-state index in [2.05, 4.69) is 0 Å². The average Bonchev–Trinajstić information content (AvgIpc) is 2.40. The minimum atomic E-state index is -1.06. The van der Waals surface area contributed by atoms with Crippen LogP contribution in [0.4, 0.5) is 5.69 Å². The number of amides is 1. The molecule has 110 valence electrons. The third-order valence-electron chi connectivity index (χ3n) is 3.28.